The van der Waals surface area contributed by atoms with E-state index < -0.39 is 69.0 Å². The summed E-state index contributed by atoms with van der Waals surface area (Å²) >= 11 is 0.341. The molecular weight excluding hydrogens is 417 g/mol. The van der Waals surface area contributed by atoms with Crippen molar-refractivity contribution >= 4 is 28.4 Å². The maximum Gasteiger partial charge on any atom is 0.223 e. The van der Waals surface area contributed by atoms with Crippen molar-refractivity contribution in [1.82, 2.24) is 0 Å². The van der Waals surface area contributed by atoms with Crippen LogP contribution in [-0.2, 0) is 14.4 Å². The van der Waals surface area contributed by atoms with Crippen LogP contribution in [0, 0.1) is 28.6 Å². The summed E-state index contributed by atoms with van der Waals surface area (Å²) in [5.74, 6) is -4.12. The number of carbonyl (C=O) groups is 3. The maximum atomic E-state index is 16.8. The Morgan fingerprint density at radius 1 is 1.30 bits per heavy atom. The first-order valence-corrected chi connectivity index (χ1v) is 11.1. The Kier molecular flexibility index (Phi) is 4.76. The molecular formula is C22H25F3O4S. The average molecular weight is 442 g/mol. The average Bonchev–Trinajstić information content (AvgIpc) is 2.88. The number of thioether (sulfide) groups is 1. The fourth-order valence-corrected chi connectivity index (χ4v) is 7.59. The van der Waals surface area contributed by atoms with Gasteiger partial charge in [0.05, 0.1) is 5.41 Å². The van der Waals surface area contributed by atoms with E-state index in [1.807, 2.05) is 0 Å². The topological polar surface area (TPSA) is 71.4 Å². The fraction of sp³-hybridized carbons (Fsp3) is 0.682. The lowest BCUT2D eigenvalue weighted by molar-refractivity contribution is -0.181. The van der Waals surface area contributed by atoms with E-state index >= 15 is 8.78 Å². The third kappa shape index (κ3) is 2.32. The summed E-state index contributed by atoms with van der Waals surface area (Å²) in [6, 6.07) is -1.02. The van der Waals surface area contributed by atoms with E-state index in [1.165, 1.54) is 19.1 Å². The number of Topliss-reactive ketones (excluding diaryl/α,β-unsaturated/α-hetero) is 1. The molecule has 0 radical (unpaired) electrons. The van der Waals surface area contributed by atoms with Gasteiger partial charge in [-0.05, 0) is 36.8 Å². The molecule has 164 valence electrons. The van der Waals surface area contributed by atoms with Gasteiger partial charge in [-0.2, -0.15) is 0 Å². The minimum absolute atomic E-state index is 0.0103. The predicted molar refractivity (Wildman–Crippen MR) is 105 cm³/mol. The molecule has 8 heteroatoms. The summed E-state index contributed by atoms with van der Waals surface area (Å²) in [5, 5.41) is 10.7. The lowest BCUT2D eigenvalue weighted by Gasteiger charge is -2.59. The largest absolute Gasteiger partial charge is 0.380 e. The predicted octanol–water partition coefficient (Wildman–Crippen LogP) is 4.03. The van der Waals surface area contributed by atoms with Crippen LogP contribution in [0.3, 0.4) is 0 Å². The summed E-state index contributed by atoms with van der Waals surface area (Å²) in [6.45, 7) is 4.65. The normalized spacial score (nSPS) is 47.8. The van der Waals surface area contributed by atoms with Gasteiger partial charge in [-0.1, -0.05) is 31.7 Å². The van der Waals surface area contributed by atoms with Crippen molar-refractivity contribution in [1.29, 1.82) is 0 Å². The van der Waals surface area contributed by atoms with Crippen LogP contribution in [0.1, 0.15) is 46.5 Å². The fourth-order valence-electron chi connectivity index (χ4n) is 6.84. The Balaban J connectivity index is 1.87. The molecule has 0 saturated heterocycles. The zero-order valence-electron chi connectivity index (χ0n) is 17.1. The monoisotopic (exact) mass is 442 g/mol. The highest BCUT2D eigenvalue weighted by molar-refractivity contribution is 8.13. The molecule has 0 aliphatic heterocycles. The number of halogens is 3. The highest BCUT2D eigenvalue weighted by Crippen LogP contribution is 2.70. The van der Waals surface area contributed by atoms with Crippen LogP contribution >= 0.6 is 11.8 Å². The number of ketones is 2. The molecule has 7 atom stereocenters. The van der Waals surface area contributed by atoms with Crippen molar-refractivity contribution in [2.75, 3.05) is 6.01 Å². The summed E-state index contributed by atoms with van der Waals surface area (Å²) in [5.41, 5.74) is -7.36. The van der Waals surface area contributed by atoms with Gasteiger partial charge >= 0.3 is 0 Å². The van der Waals surface area contributed by atoms with Crippen LogP contribution in [0.2, 0.25) is 0 Å². The molecule has 0 amide bonds. The van der Waals surface area contributed by atoms with Crippen LogP contribution in [0.4, 0.5) is 13.2 Å². The van der Waals surface area contributed by atoms with Crippen LogP contribution in [-0.4, -0.2) is 39.1 Å². The van der Waals surface area contributed by atoms with E-state index in [-0.39, 0.29) is 30.6 Å². The molecule has 4 rings (SSSR count). The van der Waals surface area contributed by atoms with Gasteiger partial charge in [0, 0.05) is 30.6 Å². The Hall–Kier alpha value is -1.41. The van der Waals surface area contributed by atoms with Gasteiger partial charge in [0.1, 0.15) is 17.4 Å². The molecule has 0 heterocycles. The van der Waals surface area contributed by atoms with Gasteiger partial charge < -0.3 is 5.11 Å². The van der Waals surface area contributed by atoms with E-state index in [4.69, 9.17) is 0 Å². The van der Waals surface area contributed by atoms with Crippen molar-refractivity contribution in [2.24, 2.45) is 28.6 Å². The number of rotatable bonds is 2. The lowest BCUT2D eigenvalue weighted by atomic mass is 9.46. The van der Waals surface area contributed by atoms with Crippen LogP contribution < -0.4 is 0 Å². The van der Waals surface area contributed by atoms with Crippen molar-refractivity contribution in [2.45, 2.75) is 57.7 Å². The van der Waals surface area contributed by atoms with Crippen LogP contribution in [0.15, 0.2) is 23.6 Å². The third-order valence-electron chi connectivity index (χ3n) is 8.50. The van der Waals surface area contributed by atoms with Crippen molar-refractivity contribution in [3.8, 4) is 0 Å². The molecule has 1 N–H and O–H groups in total. The molecule has 30 heavy (non-hydrogen) atoms. The van der Waals surface area contributed by atoms with Crippen LogP contribution in [0.5, 0.6) is 0 Å². The molecule has 0 bridgehead atoms. The highest BCUT2D eigenvalue weighted by atomic mass is 32.2. The molecule has 0 spiro atoms. The number of hydrogen-bond donors (Lipinski definition) is 1. The van der Waals surface area contributed by atoms with E-state index in [0.29, 0.717) is 11.8 Å². The Morgan fingerprint density at radius 2 is 1.97 bits per heavy atom. The number of aliphatic hydroxyl groups is 1. The van der Waals surface area contributed by atoms with Gasteiger partial charge in [-0.3, -0.25) is 14.4 Å². The highest BCUT2D eigenvalue weighted by Gasteiger charge is 2.76. The SMILES string of the molecule is C[C@@H]1CC2C3CC(F)=C4CC(=O)C=C[C@]4(C)[C@@]3(F)C(=O)C[C@]2(C)[C@@]1(O)C(=O)SCF. The van der Waals surface area contributed by atoms with Gasteiger partial charge in [-0.15, -0.1) is 0 Å². The smallest absolute Gasteiger partial charge is 0.223 e. The molecule has 0 aromatic carbocycles. The van der Waals surface area contributed by atoms with Gasteiger partial charge in [0.2, 0.25) is 5.12 Å². The van der Waals surface area contributed by atoms with Gasteiger partial charge in [0.15, 0.2) is 17.2 Å². The van der Waals surface area contributed by atoms with Gasteiger partial charge in [-0.25, -0.2) is 13.2 Å². The number of fused-ring (bicyclic) bond motifs is 5. The molecule has 2 saturated carbocycles. The molecule has 4 aliphatic carbocycles. The molecule has 2 unspecified atom stereocenters. The zero-order chi connectivity index (χ0) is 22.3. The lowest BCUT2D eigenvalue weighted by Crippen LogP contribution is -2.67. The summed E-state index contributed by atoms with van der Waals surface area (Å²) in [7, 11) is 0. The van der Waals surface area contributed by atoms with E-state index in [1.54, 1.807) is 13.8 Å². The minimum Gasteiger partial charge on any atom is -0.380 e. The second-order valence-electron chi connectivity index (χ2n) is 9.65. The number of hydrogen-bond acceptors (Lipinski definition) is 5. The first-order valence-electron chi connectivity index (χ1n) is 10.2. The zero-order valence-corrected chi connectivity index (χ0v) is 18.0. The Labute approximate surface area is 177 Å². The Morgan fingerprint density at radius 3 is 2.60 bits per heavy atom. The molecule has 4 nitrogen and oxygen atoms in total. The number of allylic oxidation sites excluding steroid dienone is 4. The minimum atomic E-state index is -2.44. The molecule has 0 aromatic heterocycles. The van der Waals surface area contributed by atoms with Crippen molar-refractivity contribution in [3.05, 3.63) is 23.6 Å². The first kappa shape index (κ1) is 21.8. The number of carbonyl (C=O) groups excluding carboxylic acids is 3. The van der Waals surface area contributed by atoms with Crippen molar-refractivity contribution in [3.63, 3.8) is 0 Å². The molecule has 0 aromatic rings. The summed E-state index contributed by atoms with van der Waals surface area (Å²) in [4.78, 5) is 37.9. The molecule has 2 fully saturated rings. The van der Waals surface area contributed by atoms with E-state index in [9.17, 15) is 23.9 Å². The third-order valence-corrected chi connectivity index (χ3v) is 9.18. The maximum absolute atomic E-state index is 16.8. The van der Waals surface area contributed by atoms with Crippen molar-refractivity contribution < 1.29 is 32.7 Å². The quantitative estimate of drug-likeness (QED) is 0.699. The van der Waals surface area contributed by atoms with E-state index in [2.05, 4.69) is 0 Å². The second-order valence-corrected chi connectivity index (χ2v) is 10.5. The standard InChI is InChI=1S/C22H25F3O4S/c1-11-6-13-14-8-16(24)15-7-12(26)4-5-19(15,2)21(14,25)17(27)9-20(13,3)22(11,29)18(28)30-10-23/h4-5,11,13-14,29H,6-10H2,1-3H3/t11-,13?,14?,19+,20+,21+,22+/m1/s1. The van der Waals surface area contributed by atoms with Crippen LogP contribution in [0.25, 0.3) is 0 Å². The van der Waals surface area contributed by atoms with E-state index in [0.717, 1.165) is 0 Å². The first-order chi connectivity index (χ1) is 13.9. The number of alkyl halides is 2. The second kappa shape index (κ2) is 6.55. The summed E-state index contributed by atoms with van der Waals surface area (Å²) < 4.78 is 44.9. The van der Waals surface area contributed by atoms with Gasteiger partial charge in [0.25, 0.3) is 0 Å². The Bertz CT molecular complexity index is 916. The molecule has 4 aliphatic rings. The summed E-state index contributed by atoms with van der Waals surface area (Å²) in [6.07, 6.45) is 1.69.